The normalized spacial score (nSPS) is 16.7. The van der Waals surface area contributed by atoms with Gasteiger partial charge in [-0.2, -0.15) is 4.99 Å². The number of amidine groups is 1. The molecule has 2 heterocycles. The van der Waals surface area contributed by atoms with Crippen LogP contribution in [0.4, 0.5) is 5.69 Å². The molecule has 0 unspecified atom stereocenters. The molecule has 11 heteroatoms. The van der Waals surface area contributed by atoms with Gasteiger partial charge in [-0.05, 0) is 49.2 Å². The van der Waals surface area contributed by atoms with Crippen molar-refractivity contribution in [2.75, 3.05) is 46.8 Å². The average Bonchev–Trinajstić information content (AvgIpc) is 3.58. The number of methoxy groups -OCH3 is 3. The Morgan fingerprint density at radius 2 is 1.71 bits per heavy atom. The summed E-state index contributed by atoms with van der Waals surface area (Å²) in [6, 6.07) is 10.3. The van der Waals surface area contributed by atoms with Crippen molar-refractivity contribution in [3.63, 3.8) is 0 Å². The Morgan fingerprint density at radius 3 is 2.34 bits per heavy atom. The maximum Gasteiger partial charge on any atom is 0.262 e. The Bertz CT molecular complexity index is 1230. The van der Waals surface area contributed by atoms with Crippen LogP contribution in [-0.2, 0) is 16.1 Å². The van der Waals surface area contributed by atoms with E-state index in [1.165, 1.54) is 26.0 Å². The summed E-state index contributed by atoms with van der Waals surface area (Å²) in [5.74, 6) is 0.772. The number of thioether (sulfide) groups is 1. The van der Waals surface area contributed by atoms with Crippen LogP contribution in [0.1, 0.15) is 35.2 Å². The fourth-order valence-corrected chi connectivity index (χ4v) is 5.58. The SMILES string of the molecule is COc1ccc(CN(C)C(=O)c2ccc(NC(=O)C[C@H]3SC(N4CCCC4)=NC3=O)cc2)c(OC)c1OC. The minimum Gasteiger partial charge on any atom is -0.493 e. The molecule has 1 N–H and O–H groups in total. The molecule has 0 bridgehead atoms. The summed E-state index contributed by atoms with van der Waals surface area (Å²) in [5.41, 5.74) is 1.78. The summed E-state index contributed by atoms with van der Waals surface area (Å²) in [5, 5.41) is 3.03. The Morgan fingerprint density at radius 1 is 1.03 bits per heavy atom. The first-order chi connectivity index (χ1) is 18.3. The van der Waals surface area contributed by atoms with E-state index in [1.807, 2.05) is 6.07 Å². The van der Waals surface area contributed by atoms with Gasteiger partial charge in [0.05, 0.1) is 21.3 Å². The summed E-state index contributed by atoms with van der Waals surface area (Å²) in [6.07, 6.45) is 2.23. The molecule has 202 valence electrons. The molecule has 2 aliphatic rings. The van der Waals surface area contributed by atoms with Gasteiger partial charge in [0.25, 0.3) is 11.8 Å². The Labute approximate surface area is 226 Å². The highest BCUT2D eigenvalue weighted by Gasteiger charge is 2.33. The number of nitrogens with one attached hydrogen (secondary N) is 1. The van der Waals surface area contributed by atoms with Crippen LogP contribution in [0.5, 0.6) is 17.2 Å². The molecule has 2 aromatic rings. The number of hydrogen-bond acceptors (Lipinski definition) is 8. The minimum absolute atomic E-state index is 0.0426. The summed E-state index contributed by atoms with van der Waals surface area (Å²) >= 11 is 1.36. The van der Waals surface area contributed by atoms with E-state index in [2.05, 4.69) is 15.2 Å². The molecule has 1 saturated heterocycles. The van der Waals surface area contributed by atoms with Crippen LogP contribution in [0, 0.1) is 0 Å². The molecule has 4 rings (SSSR count). The van der Waals surface area contributed by atoms with Gasteiger partial charge in [-0.3, -0.25) is 14.4 Å². The van der Waals surface area contributed by atoms with Crippen LogP contribution >= 0.6 is 11.8 Å². The molecule has 0 spiro atoms. The number of carbonyl (C=O) groups excluding carboxylic acids is 3. The zero-order chi connectivity index (χ0) is 27.2. The third-order valence-electron chi connectivity index (χ3n) is 6.43. The molecule has 10 nitrogen and oxygen atoms in total. The standard InChI is InChI=1S/C27H32N4O6S/c1-30(16-18-9-12-20(35-2)24(37-4)23(18)36-3)26(34)17-7-10-19(11-8-17)28-22(32)15-21-25(33)29-27(38-21)31-13-5-6-14-31/h7-12,21H,5-6,13-16H2,1-4H3,(H,28,32)/t21-/m1/s1. The van der Waals surface area contributed by atoms with E-state index in [1.54, 1.807) is 49.4 Å². The van der Waals surface area contributed by atoms with Gasteiger partial charge in [-0.15, -0.1) is 0 Å². The van der Waals surface area contributed by atoms with E-state index in [4.69, 9.17) is 14.2 Å². The molecule has 1 atom stereocenters. The van der Waals surface area contributed by atoms with Crippen molar-refractivity contribution in [3.8, 4) is 17.2 Å². The number of benzene rings is 2. The molecule has 0 radical (unpaired) electrons. The van der Waals surface area contributed by atoms with Crippen molar-refractivity contribution >= 4 is 40.3 Å². The number of carbonyl (C=O) groups is 3. The van der Waals surface area contributed by atoms with Crippen molar-refractivity contribution < 1.29 is 28.6 Å². The highest BCUT2D eigenvalue weighted by molar-refractivity contribution is 8.15. The smallest absolute Gasteiger partial charge is 0.262 e. The molecular weight excluding hydrogens is 508 g/mol. The molecule has 0 aliphatic carbocycles. The van der Waals surface area contributed by atoms with E-state index < -0.39 is 5.25 Å². The lowest BCUT2D eigenvalue weighted by molar-refractivity contribution is -0.121. The Balaban J connectivity index is 1.33. The van der Waals surface area contributed by atoms with Crippen LogP contribution in [0.2, 0.25) is 0 Å². The highest BCUT2D eigenvalue weighted by Crippen LogP contribution is 2.40. The van der Waals surface area contributed by atoms with Crippen LogP contribution in [-0.4, -0.2) is 79.4 Å². The molecule has 2 aliphatic heterocycles. The summed E-state index contributed by atoms with van der Waals surface area (Å²) in [4.78, 5) is 45.7. The number of amides is 3. The van der Waals surface area contributed by atoms with Crippen molar-refractivity contribution in [1.82, 2.24) is 9.80 Å². The van der Waals surface area contributed by atoms with Gasteiger partial charge in [0.15, 0.2) is 16.7 Å². The summed E-state index contributed by atoms with van der Waals surface area (Å²) < 4.78 is 16.3. The number of likely N-dealkylation sites (tertiary alicyclic amines) is 1. The topological polar surface area (TPSA) is 110 Å². The molecule has 0 saturated carbocycles. The summed E-state index contributed by atoms with van der Waals surface area (Å²) in [7, 11) is 6.31. The maximum absolute atomic E-state index is 13.1. The van der Waals surface area contributed by atoms with Gasteiger partial charge >= 0.3 is 0 Å². The number of hydrogen-bond donors (Lipinski definition) is 1. The van der Waals surface area contributed by atoms with Crippen molar-refractivity contribution in [3.05, 3.63) is 47.5 Å². The van der Waals surface area contributed by atoms with E-state index in [9.17, 15) is 14.4 Å². The summed E-state index contributed by atoms with van der Waals surface area (Å²) in [6.45, 7) is 2.09. The van der Waals surface area contributed by atoms with Gasteiger partial charge in [-0.25, -0.2) is 0 Å². The van der Waals surface area contributed by atoms with Gasteiger partial charge in [0.1, 0.15) is 5.25 Å². The first kappa shape index (κ1) is 27.3. The molecule has 2 aromatic carbocycles. The number of ether oxygens (including phenoxy) is 3. The van der Waals surface area contributed by atoms with Gasteiger partial charge in [0.2, 0.25) is 11.7 Å². The fourth-order valence-electron chi connectivity index (χ4n) is 4.46. The highest BCUT2D eigenvalue weighted by atomic mass is 32.2. The second kappa shape index (κ2) is 12.2. The molecular formula is C27H32N4O6S. The van der Waals surface area contributed by atoms with E-state index in [0.29, 0.717) is 28.5 Å². The second-order valence-corrected chi connectivity index (χ2v) is 10.2. The monoisotopic (exact) mass is 540 g/mol. The maximum atomic E-state index is 13.1. The van der Waals surface area contributed by atoms with Crippen molar-refractivity contribution in [2.24, 2.45) is 4.99 Å². The van der Waals surface area contributed by atoms with Crippen LogP contribution < -0.4 is 19.5 Å². The third-order valence-corrected chi connectivity index (χ3v) is 7.64. The van der Waals surface area contributed by atoms with Gasteiger partial charge in [0, 0.05) is 49.9 Å². The average molecular weight is 541 g/mol. The number of anilines is 1. The van der Waals surface area contributed by atoms with E-state index >= 15 is 0 Å². The lowest BCUT2D eigenvalue weighted by atomic mass is 10.1. The zero-order valence-electron chi connectivity index (χ0n) is 22.0. The lowest BCUT2D eigenvalue weighted by Gasteiger charge is -2.21. The van der Waals surface area contributed by atoms with Crippen molar-refractivity contribution in [2.45, 2.75) is 31.1 Å². The van der Waals surface area contributed by atoms with Gasteiger partial charge in [-0.1, -0.05) is 11.8 Å². The van der Waals surface area contributed by atoms with Crippen LogP contribution in [0.3, 0.4) is 0 Å². The quantitative estimate of drug-likeness (QED) is 0.516. The fraction of sp³-hybridized carbons (Fsp3) is 0.407. The first-order valence-corrected chi connectivity index (χ1v) is 13.2. The molecule has 38 heavy (non-hydrogen) atoms. The Hall–Kier alpha value is -3.73. The largest absolute Gasteiger partial charge is 0.493 e. The third kappa shape index (κ3) is 6.04. The van der Waals surface area contributed by atoms with Gasteiger partial charge < -0.3 is 29.3 Å². The van der Waals surface area contributed by atoms with E-state index in [-0.39, 0.29) is 30.7 Å². The van der Waals surface area contributed by atoms with E-state index in [0.717, 1.165) is 36.7 Å². The van der Waals surface area contributed by atoms with Crippen LogP contribution in [0.25, 0.3) is 0 Å². The second-order valence-electron chi connectivity index (χ2n) is 9.02. The van der Waals surface area contributed by atoms with Crippen LogP contribution in [0.15, 0.2) is 41.4 Å². The number of nitrogens with zero attached hydrogens (tertiary/aromatic N) is 3. The number of aliphatic imine (C=N–C) groups is 1. The zero-order valence-corrected chi connectivity index (χ0v) is 22.8. The lowest BCUT2D eigenvalue weighted by Crippen LogP contribution is -2.26. The predicted molar refractivity (Wildman–Crippen MR) is 146 cm³/mol. The molecule has 0 aromatic heterocycles. The predicted octanol–water partition coefficient (Wildman–Crippen LogP) is 3.41. The molecule has 1 fully saturated rings. The number of rotatable bonds is 9. The Kier molecular flexibility index (Phi) is 8.77. The first-order valence-electron chi connectivity index (χ1n) is 12.3. The van der Waals surface area contributed by atoms with Crippen molar-refractivity contribution in [1.29, 1.82) is 0 Å². The molecule has 3 amide bonds. The minimum atomic E-state index is -0.506.